The zero-order valence-electron chi connectivity index (χ0n) is 11.0. The van der Waals surface area contributed by atoms with Gasteiger partial charge in [0.15, 0.2) is 5.78 Å². The third-order valence-corrected chi connectivity index (χ3v) is 2.88. The normalized spacial score (nSPS) is 12.2. The topological polar surface area (TPSA) is 64.3 Å². The van der Waals surface area contributed by atoms with Crippen LogP contribution in [0.5, 0.6) is 5.75 Å². The van der Waals surface area contributed by atoms with Gasteiger partial charge in [-0.1, -0.05) is 23.7 Å². The monoisotopic (exact) mass is 294 g/mol. The van der Waals surface area contributed by atoms with Crippen molar-refractivity contribution in [1.82, 2.24) is 9.78 Å². The van der Waals surface area contributed by atoms with Gasteiger partial charge in [-0.25, -0.2) is 0 Å². The second-order valence-corrected chi connectivity index (χ2v) is 4.87. The van der Waals surface area contributed by atoms with Gasteiger partial charge in [0.2, 0.25) is 0 Å². The fourth-order valence-electron chi connectivity index (χ4n) is 1.70. The lowest BCUT2D eigenvalue weighted by atomic mass is 10.1. The van der Waals surface area contributed by atoms with Gasteiger partial charge in [-0.05, 0) is 19.1 Å². The van der Waals surface area contributed by atoms with E-state index < -0.39 is 6.10 Å². The second-order valence-electron chi connectivity index (χ2n) is 4.43. The van der Waals surface area contributed by atoms with Crippen LogP contribution in [-0.4, -0.2) is 33.4 Å². The summed E-state index contributed by atoms with van der Waals surface area (Å²) in [6, 6.07) is 6.85. The molecule has 0 aliphatic rings. The van der Waals surface area contributed by atoms with Crippen molar-refractivity contribution in [3.05, 3.63) is 47.2 Å². The largest absolute Gasteiger partial charge is 0.491 e. The van der Waals surface area contributed by atoms with Crippen LogP contribution < -0.4 is 4.74 Å². The molecular formula is C14H15ClN2O3. The molecule has 1 aromatic carbocycles. The van der Waals surface area contributed by atoms with E-state index in [9.17, 15) is 9.90 Å². The summed E-state index contributed by atoms with van der Waals surface area (Å²) < 4.78 is 7.01. The van der Waals surface area contributed by atoms with Crippen LogP contribution in [-0.2, 0) is 6.54 Å². The molecule has 20 heavy (non-hydrogen) atoms. The Morgan fingerprint density at radius 2 is 2.35 bits per heavy atom. The molecule has 1 aromatic heterocycles. The SMILES string of the molecule is CC(=O)c1cccc(OCC(O)Cn2cc(Cl)cn2)c1. The Kier molecular flexibility index (Phi) is 4.76. The van der Waals surface area contributed by atoms with E-state index in [4.69, 9.17) is 16.3 Å². The van der Waals surface area contributed by atoms with E-state index in [2.05, 4.69) is 5.10 Å². The van der Waals surface area contributed by atoms with Crippen molar-refractivity contribution in [2.24, 2.45) is 0 Å². The summed E-state index contributed by atoms with van der Waals surface area (Å²) in [5.74, 6) is 0.525. The van der Waals surface area contributed by atoms with Crippen LogP contribution in [0.1, 0.15) is 17.3 Å². The summed E-state index contributed by atoms with van der Waals surface area (Å²) in [5.41, 5.74) is 0.579. The molecule has 6 heteroatoms. The van der Waals surface area contributed by atoms with E-state index in [1.54, 1.807) is 35.1 Å². The summed E-state index contributed by atoms with van der Waals surface area (Å²) >= 11 is 5.74. The molecule has 0 radical (unpaired) electrons. The Labute approximate surface area is 121 Å². The molecule has 0 fully saturated rings. The summed E-state index contributed by atoms with van der Waals surface area (Å²) in [6.07, 6.45) is 2.42. The first-order valence-corrected chi connectivity index (χ1v) is 6.52. The maximum atomic E-state index is 11.3. The minimum absolute atomic E-state index is 0.0258. The zero-order valence-corrected chi connectivity index (χ0v) is 11.7. The average Bonchev–Trinajstić information content (AvgIpc) is 2.82. The number of aliphatic hydroxyl groups excluding tert-OH is 1. The van der Waals surface area contributed by atoms with E-state index in [1.165, 1.54) is 13.1 Å². The quantitative estimate of drug-likeness (QED) is 0.829. The number of hydrogen-bond donors (Lipinski definition) is 1. The van der Waals surface area contributed by atoms with E-state index in [0.717, 1.165) is 0 Å². The summed E-state index contributed by atoms with van der Waals surface area (Å²) in [6.45, 7) is 1.90. The van der Waals surface area contributed by atoms with Gasteiger partial charge < -0.3 is 9.84 Å². The number of aromatic nitrogens is 2. The van der Waals surface area contributed by atoms with E-state index >= 15 is 0 Å². The number of rotatable bonds is 6. The van der Waals surface area contributed by atoms with E-state index in [-0.39, 0.29) is 12.4 Å². The number of ether oxygens (including phenoxy) is 1. The van der Waals surface area contributed by atoms with Gasteiger partial charge in [0.25, 0.3) is 0 Å². The second kappa shape index (κ2) is 6.54. The number of carbonyl (C=O) groups excluding carboxylic acids is 1. The molecule has 0 spiro atoms. The highest BCUT2D eigenvalue weighted by Gasteiger charge is 2.08. The van der Waals surface area contributed by atoms with Crippen LogP contribution in [0, 0.1) is 0 Å². The molecule has 1 atom stereocenters. The van der Waals surface area contributed by atoms with Gasteiger partial charge in [0.05, 0.1) is 17.8 Å². The van der Waals surface area contributed by atoms with E-state index in [1.807, 2.05) is 0 Å². The predicted molar refractivity (Wildman–Crippen MR) is 75.2 cm³/mol. The Morgan fingerprint density at radius 3 is 3.00 bits per heavy atom. The van der Waals surface area contributed by atoms with E-state index in [0.29, 0.717) is 22.9 Å². The number of aliphatic hydroxyl groups is 1. The van der Waals surface area contributed by atoms with Gasteiger partial charge in [0.1, 0.15) is 18.5 Å². The smallest absolute Gasteiger partial charge is 0.159 e. The molecule has 2 rings (SSSR count). The molecular weight excluding hydrogens is 280 g/mol. The molecule has 1 N–H and O–H groups in total. The number of Topliss-reactive ketones (excluding diaryl/α,β-unsaturated/α-hetero) is 1. The van der Waals surface area contributed by atoms with Crippen molar-refractivity contribution in [3.63, 3.8) is 0 Å². The number of carbonyl (C=O) groups is 1. The molecule has 1 unspecified atom stereocenters. The molecule has 0 saturated carbocycles. The van der Waals surface area contributed by atoms with Gasteiger partial charge >= 0.3 is 0 Å². The van der Waals surface area contributed by atoms with Gasteiger partial charge in [-0.2, -0.15) is 5.10 Å². The molecule has 5 nitrogen and oxygen atoms in total. The van der Waals surface area contributed by atoms with Crippen molar-refractivity contribution in [2.75, 3.05) is 6.61 Å². The molecule has 0 amide bonds. The van der Waals surface area contributed by atoms with Gasteiger partial charge in [-0.3, -0.25) is 9.48 Å². The van der Waals surface area contributed by atoms with Crippen LogP contribution in [0.2, 0.25) is 5.02 Å². The number of nitrogens with zero attached hydrogens (tertiary/aromatic N) is 2. The standard InChI is InChI=1S/C14H15ClN2O3/c1-10(18)11-3-2-4-14(5-11)20-9-13(19)8-17-7-12(15)6-16-17/h2-7,13,19H,8-9H2,1H3. The Hall–Kier alpha value is -1.85. The van der Waals surface area contributed by atoms with Crippen LogP contribution in [0.4, 0.5) is 0 Å². The molecule has 0 aliphatic heterocycles. The first kappa shape index (κ1) is 14.6. The lowest BCUT2D eigenvalue weighted by Crippen LogP contribution is -2.23. The number of benzene rings is 1. The molecule has 2 aromatic rings. The maximum Gasteiger partial charge on any atom is 0.159 e. The van der Waals surface area contributed by atoms with Crippen molar-refractivity contribution < 1.29 is 14.6 Å². The predicted octanol–water partition coefficient (Wildman–Crippen LogP) is 2.18. The fraction of sp³-hybridized carbons (Fsp3) is 0.286. The average molecular weight is 295 g/mol. The zero-order chi connectivity index (χ0) is 14.5. The van der Waals surface area contributed by atoms with Crippen molar-refractivity contribution >= 4 is 17.4 Å². The minimum atomic E-state index is -0.716. The van der Waals surface area contributed by atoms with Crippen LogP contribution in [0.15, 0.2) is 36.7 Å². The molecule has 0 saturated heterocycles. The lowest BCUT2D eigenvalue weighted by Gasteiger charge is -2.12. The van der Waals surface area contributed by atoms with Crippen LogP contribution in [0.3, 0.4) is 0 Å². The summed E-state index contributed by atoms with van der Waals surface area (Å²) in [4.78, 5) is 11.3. The Bertz CT molecular complexity index is 598. The lowest BCUT2D eigenvalue weighted by molar-refractivity contribution is 0.0892. The summed E-state index contributed by atoms with van der Waals surface area (Å²) in [5, 5.41) is 14.3. The Morgan fingerprint density at radius 1 is 1.55 bits per heavy atom. The van der Waals surface area contributed by atoms with Crippen molar-refractivity contribution in [2.45, 2.75) is 19.6 Å². The Balaban J connectivity index is 1.88. The number of ketones is 1. The molecule has 1 heterocycles. The maximum absolute atomic E-state index is 11.3. The van der Waals surface area contributed by atoms with Crippen LogP contribution in [0.25, 0.3) is 0 Å². The fourth-order valence-corrected chi connectivity index (χ4v) is 1.86. The molecule has 0 bridgehead atoms. The minimum Gasteiger partial charge on any atom is -0.491 e. The third kappa shape index (κ3) is 4.08. The van der Waals surface area contributed by atoms with Crippen molar-refractivity contribution in [1.29, 1.82) is 0 Å². The van der Waals surface area contributed by atoms with Gasteiger partial charge in [0, 0.05) is 11.8 Å². The summed E-state index contributed by atoms with van der Waals surface area (Å²) in [7, 11) is 0. The number of hydrogen-bond acceptors (Lipinski definition) is 4. The highest BCUT2D eigenvalue weighted by atomic mass is 35.5. The first-order chi connectivity index (χ1) is 9.54. The molecule has 106 valence electrons. The number of halogens is 1. The third-order valence-electron chi connectivity index (χ3n) is 2.68. The van der Waals surface area contributed by atoms with Crippen molar-refractivity contribution in [3.8, 4) is 5.75 Å². The highest BCUT2D eigenvalue weighted by Crippen LogP contribution is 2.14. The molecule has 0 aliphatic carbocycles. The highest BCUT2D eigenvalue weighted by molar-refractivity contribution is 6.30. The first-order valence-electron chi connectivity index (χ1n) is 6.14. The van der Waals surface area contributed by atoms with Crippen LogP contribution >= 0.6 is 11.6 Å². The van der Waals surface area contributed by atoms with Gasteiger partial charge in [-0.15, -0.1) is 0 Å².